The topological polar surface area (TPSA) is 48.0 Å². The first-order valence-electron chi connectivity index (χ1n) is 4.30. The molecule has 2 heterocycles. The second-order valence-electron chi connectivity index (χ2n) is 3.17. The SMILES string of the molecule is Cn1c(N)cc(-c2ccc(Cl)s2)cc1=O. The molecule has 2 rings (SSSR count). The number of halogens is 1. The van der Waals surface area contributed by atoms with Gasteiger partial charge in [0.2, 0.25) is 0 Å². The summed E-state index contributed by atoms with van der Waals surface area (Å²) in [5.41, 5.74) is 6.40. The Morgan fingerprint density at radius 1 is 1.40 bits per heavy atom. The van der Waals surface area contributed by atoms with Crippen LogP contribution in [0.4, 0.5) is 5.82 Å². The van der Waals surface area contributed by atoms with Crippen LogP contribution in [0, 0.1) is 0 Å². The zero-order valence-electron chi connectivity index (χ0n) is 8.03. The summed E-state index contributed by atoms with van der Waals surface area (Å²) in [6.45, 7) is 0. The Labute approximate surface area is 95.7 Å². The Morgan fingerprint density at radius 3 is 2.67 bits per heavy atom. The molecule has 0 spiro atoms. The predicted molar refractivity (Wildman–Crippen MR) is 64.4 cm³/mol. The molecule has 0 unspecified atom stereocenters. The number of hydrogen-bond donors (Lipinski definition) is 1. The highest BCUT2D eigenvalue weighted by atomic mass is 35.5. The lowest BCUT2D eigenvalue weighted by molar-refractivity contribution is 0.876. The van der Waals surface area contributed by atoms with E-state index >= 15 is 0 Å². The molecule has 5 heteroatoms. The van der Waals surface area contributed by atoms with Gasteiger partial charge in [-0.3, -0.25) is 9.36 Å². The second kappa shape index (κ2) is 3.72. The van der Waals surface area contributed by atoms with E-state index in [9.17, 15) is 4.79 Å². The minimum Gasteiger partial charge on any atom is -0.385 e. The van der Waals surface area contributed by atoms with Gasteiger partial charge in [0.25, 0.3) is 5.56 Å². The lowest BCUT2D eigenvalue weighted by Crippen LogP contribution is -2.18. The van der Waals surface area contributed by atoms with Crippen molar-refractivity contribution in [2.75, 3.05) is 5.73 Å². The normalized spacial score (nSPS) is 10.5. The van der Waals surface area contributed by atoms with E-state index in [4.69, 9.17) is 17.3 Å². The van der Waals surface area contributed by atoms with Crippen molar-refractivity contribution < 1.29 is 0 Å². The molecule has 0 radical (unpaired) electrons. The molecule has 3 nitrogen and oxygen atoms in total. The Kier molecular flexibility index (Phi) is 2.54. The Balaban J connectivity index is 2.60. The third kappa shape index (κ3) is 1.91. The van der Waals surface area contributed by atoms with Crippen LogP contribution in [0.3, 0.4) is 0 Å². The van der Waals surface area contributed by atoms with E-state index < -0.39 is 0 Å². The fourth-order valence-corrected chi connectivity index (χ4v) is 2.30. The minimum absolute atomic E-state index is 0.116. The van der Waals surface area contributed by atoms with E-state index in [-0.39, 0.29) is 5.56 Å². The maximum absolute atomic E-state index is 11.5. The van der Waals surface area contributed by atoms with Crippen LogP contribution in [0.2, 0.25) is 4.34 Å². The summed E-state index contributed by atoms with van der Waals surface area (Å²) >= 11 is 7.25. The summed E-state index contributed by atoms with van der Waals surface area (Å²) in [7, 11) is 1.64. The van der Waals surface area contributed by atoms with Crippen LogP contribution in [-0.4, -0.2) is 4.57 Å². The molecule has 0 saturated heterocycles. The van der Waals surface area contributed by atoms with E-state index in [1.54, 1.807) is 25.2 Å². The molecule has 0 aliphatic carbocycles. The average Bonchev–Trinajstić information content (AvgIpc) is 2.60. The maximum Gasteiger partial charge on any atom is 0.252 e. The molecule has 78 valence electrons. The van der Waals surface area contributed by atoms with E-state index in [0.29, 0.717) is 10.2 Å². The monoisotopic (exact) mass is 240 g/mol. The van der Waals surface area contributed by atoms with Crippen molar-refractivity contribution >= 4 is 28.8 Å². The fourth-order valence-electron chi connectivity index (χ4n) is 1.27. The van der Waals surface area contributed by atoms with Gasteiger partial charge < -0.3 is 5.73 Å². The van der Waals surface area contributed by atoms with Crippen molar-refractivity contribution in [3.63, 3.8) is 0 Å². The highest BCUT2D eigenvalue weighted by Gasteiger charge is 2.05. The number of thiophene rings is 1. The third-order valence-electron chi connectivity index (χ3n) is 2.16. The van der Waals surface area contributed by atoms with E-state index in [2.05, 4.69) is 0 Å². The molecule has 0 saturated carbocycles. The smallest absolute Gasteiger partial charge is 0.252 e. The second-order valence-corrected chi connectivity index (χ2v) is 4.88. The van der Waals surface area contributed by atoms with Gasteiger partial charge in [0, 0.05) is 23.6 Å². The summed E-state index contributed by atoms with van der Waals surface area (Å²) < 4.78 is 2.10. The number of nitrogen functional groups attached to an aromatic ring is 1. The van der Waals surface area contributed by atoms with Crippen molar-refractivity contribution in [1.82, 2.24) is 4.57 Å². The van der Waals surface area contributed by atoms with Crippen molar-refractivity contribution in [3.8, 4) is 10.4 Å². The minimum atomic E-state index is -0.116. The van der Waals surface area contributed by atoms with Gasteiger partial charge in [-0.25, -0.2) is 0 Å². The van der Waals surface area contributed by atoms with Crippen molar-refractivity contribution in [3.05, 3.63) is 39.0 Å². The Morgan fingerprint density at radius 2 is 2.13 bits per heavy atom. The molecule has 2 aromatic rings. The zero-order chi connectivity index (χ0) is 11.0. The largest absolute Gasteiger partial charge is 0.385 e. The summed E-state index contributed by atoms with van der Waals surface area (Å²) in [4.78, 5) is 12.4. The predicted octanol–water partition coefficient (Wildman–Crippen LogP) is 2.35. The van der Waals surface area contributed by atoms with Crippen molar-refractivity contribution in [2.45, 2.75) is 0 Å². The molecule has 15 heavy (non-hydrogen) atoms. The van der Waals surface area contributed by atoms with Gasteiger partial charge in [-0.15, -0.1) is 11.3 Å². The van der Waals surface area contributed by atoms with Gasteiger partial charge in [0.05, 0.1) is 4.34 Å². The van der Waals surface area contributed by atoms with Gasteiger partial charge >= 0.3 is 0 Å². The molecule has 0 fully saturated rings. The molecule has 0 aliphatic heterocycles. The summed E-state index contributed by atoms with van der Waals surface area (Å²) in [5.74, 6) is 0.446. The van der Waals surface area contributed by atoms with Crippen LogP contribution in [0.1, 0.15) is 0 Å². The number of rotatable bonds is 1. The molecule has 2 aromatic heterocycles. The van der Waals surface area contributed by atoms with Gasteiger partial charge in [-0.1, -0.05) is 11.6 Å². The number of nitrogens with zero attached hydrogens (tertiary/aromatic N) is 1. The number of nitrogens with two attached hydrogens (primary N) is 1. The molecule has 0 aliphatic rings. The first-order chi connectivity index (χ1) is 7.08. The van der Waals surface area contributed by atoms with Crippen LogP contribution in [0.25, 0.3) is 10.4 Å². The van der Waals surface area contributed by atoms with Crippen molar-refractivity contribution in [2.24, 2.45) is 7.05 Å². The highest BCUT2D eigenvalue weighted by Crippen LogP contribution is 2.30. The van der Waals surface area contributed by atoms with Gasteiger partial charge in [0.1, 0.15) is 5.82 Å². The number of aromatic nitrogens is 1. The van der Waals surface area contributed by atoms with E-state index in [1.165, 1.54) is 15.9 Å². The number of anilines is 1. The van der Waals surface area contributed by atoms with Crippen LogP contribution in [-0.2, 0) is 7.05 Å². The first-order valence-corrected chi connectivity index (χ1v) is 5.49. The summed E-state index contributed by atoms with van der Waals surface area (Å²) in [6, 6.07) is 7.00. The molecular formula is C10H9ClN2OS. The lowest BCUT2D eigenvalue weighted by Gasteiger charge is -2.04. The fraction of sp³-hybridized carbons (Fsp3) is 0.100. The van der Waals surface area contributed by atoms with Crippen LogP contribution in [0.5, 0.6) is 0 Å². The van der Waals surface area contributed by atoms with Crippen molar-refractivity contribution in [1.29, 1.82) is 0 Å². The van der Waals surface area contributed by atoms with E-state index in [0.717, 1.165) is 10.4 Å². The molecule has 0 amide bonds. The van der Waals surface area contributed by atoms with Crippen LogP contribution in [0.15, 0.2) is 29.1 Å². The standard InChI is InChI=1S/C10H9ClN2OS/c1-13-9(12)4-6(5-10(13)14)7-2-3-8(11)15-7/h2-5H,12H2,1H3. The third-order valence-corrected chi connectivity index (χ3v) is 3.44. The summed E-state index contributed by atoms with van der Waals surface area (Å²) in [6.07, 6.45) is 0. The Hall–Kier alpha value is -1.26. The lowest BCUT2D eigenvalue weighted by atomic mass is 10.2. The van der Waals surface area contributed by atoms with Crippen LogP contribution >= 0.6 is 22.9 Å². The Bertz CT molecular complexity index is 559. The van der Waals surface area contributed by atoms with E-state index in [1.807, 2.05) is 6.07 Å². The van der Waals surface area contributed by atoms with Gasteiger partial charge in [0.15, 0.2) is 0 Å². The maximum atomic E-state index is 11.5. The molecular weight excluding hydrogens is 232 g/mol. The molecule has 2 N–H and O–H groups in total. The van der Waals surface area contributed by atoms with Gasteiger partial charge in [-0.05, 0) is 18.2 Å². The number of pyridine rings is 1. The number of hydrogen-bond acceptors (Lipinski definition) is 3. The quantitative estimate of drug-likeness (QED) is 0.832. The van der Waals surface area contributed by atoms with Gasteiger partial charge in [-0.2, -0.15) is 0 Å². The highest BCUT2D eigenvalue weighted by molar-refractivity contribution is 7.19. The zero-order valence-corrected chi connectivity index (χ0v) is 9.60. The molecule has 0 atom stereocenters. The average molecular weight is 241 g/mol. The first kappa shape index (κ1) is 10.3. The summed E-state index contributed by atoms with van der Waals surface area (Å²) in [5, 5.41) is 0. The van der Waals surface area contributed by atoms with Crippen LogP contribution < -0.4 is 11.3 Å². The molecule has 0 bridgehead atoms. The molecule has 0 aromatic carbocycles.